The number of unbranched alkanes of at least 4 members (excludes halogenated alkanes) is 30. The van der Waals surface area contributed by atoms with Crippen LogP contribution in [0.1, 0.15) is 219 Å². The van der Waals surface area contributed by atoms with Gasteiger partial charge in [-0.25, -0.2) is 0 Å². The molecule has 0 aromatic rings. The van der Waals surface area contributed by atoms with Crippen molar-refractivity contribution < 1.29 is 29.6 Å². The number of aliphatic hydroxyl groups excluding tert-OH is 3. The molecule has 0 fully saturated rings. The molecule has 292 valence electrons. The van der Waals surface area contributed by atoms with E-state index in [-0.39, 0.29) is 18.9 Å². The van der Waals surface area contributed by atoms with Gasteiger partial charge in [0.05, 0.1) is 0 Å². The van der Waals surface area contributed by atoms with Gasteiger partial charge < -0.3 is 0 Å². The van der Waals surface area contributed by atoms with Gasteiger partial charge in [-0.15, -0.1) is 0 Å². The third kappa shape index (κ3) is 28.8. The molecule has 0 aliphatic carbocycles. The molecule has 0 aliphatic heterocycles. The molecular weight excluding hydrogens is 619 g/mol. The normalized spacial score (nSPS) is 13.3. The monoisotopic (exact) mass is 707 g/mol. The van der Waals surface area contributed by atoms with Crippen molar-refractivity contribution in [2.45, 2.75) is 219 Å². The molecule has 0 aromatic heterocycles. The van der Waals surface area contributed by atoms with Gasteiger partial charge in [-0.2, -0.15) is 0 Å². The summed E-state index contributed by atoms with van der Waals surface area (Å²) in [5, 5.41) is 29.3. The molecule has 0 heterocycles. The Morgan fingerprint density at radius 1 is 0.354 bits per heavy atom. The van der Waals surface area contributed by atoms with Crippen molar-refractivity contribution in [3.8, 4) is 0 Å². The van der Waals surface area contributed by atoms with E-state index in [9.17, 15) is 25.1 Å². The van der Waals surface area contributed by atoms with Crippen molar-refractivity contribution in [2.75, 3.05) is 38.8 Å². The van der Waals surface area contributed by atoms with Crippen LogP contribution in [0.2, 0.25) is 0 Å². The molecule has 6 nitrogen and oxygen atoms in total. The van der Waals surface area contributed by atoms with Gasteiger partial charge in [-0.05, 0) is 0 Å². The van der Waals surface area contributed by atoms with Crippen LogP contribution in [-0.4, -0.2) is 63.9 Å². The fraction of sp³-hybridized carbons (Fsp3) is 1.00. The maximum absolute atomic E-state index is 11.6. The molecule has 0 saturated carbocycles. The zero-order valence-electron chi connectivity index (χ0n) is 32.5. The molecule has 5 N–H and O–H groups in total. The van der Waals surface area contributed by atoms with Crippen LogP contribution in [-0.2, 0) is 4.52 Å². The fourth-order valence-corrected chi connectivity index (χ4v) is 9.54. The van der Waals surface area contributed by atoms with Crippen molar-refractivity contribution in [3.05, 3.63) is 0 Å². The number of rotatable bonds is 40. The second-order valence-corrected chi connectivity index (χ2v) is 19.4. The topological polar surface area (TPSA) is 110 Å². The van der Waals surface area contributed by atoms with Gasteiger partial charge in [-0.3, -0.25) is 0 Å². The molecule has 0 radical (unpaired) electrons. The summed E-state index contributed by atoms with van der Waals surface area (Å²) < 4.78 is 5.87. The number of hydrogen-bond donors (Lipinski definition) is 5. The third-order valence-corrected chi connectivity index (χ3v) is 13.8. The van der Waals surface area contributed by atoms with Crippen LogP contribution in [0.15, 0.2) is 0 Å². The Balaban J connectivity index is 4.21. The number of aliphatic hydroxyl groups is 3. The summed E-state index contributed by atoms with van der Waals surface area (Å²) in [6, 6.07) is 0. The Hall–Kier alpha value is 0.190. The molecule has 48 heavy (non-hydrogen) atoms. The predicted octanol–water partition coefficient (Wildman–Crippen LogP) is 11.8. The van der Waals surface area contributed by atoms with E-state index in [1.54, 1.807) is 0 Å². The van der Waals surface area contributed by atoms with Crippen molar-refractivity contribution in [1.82, 2.24) is 0 Å². The number of hydrogen-bond acceptors (Lipinski definition) is 6. The van der Waals surface area contributed by atoms with Crippen molar-refractivity contribution in [3.63, 3.8) is 0 Å². The molecule has 0 aromatic carbocycles. The predicted molar refractivity (Wildman–Crippen MR) is 210 cm³/mol. The summed E-state index contributed by atoms with van der Waals surface area (Å²) >= 11 is 0. The Morgan fingerprint density at radius 3 is 0.771 bits per heavy atom. The Labute approximate surface area is 299 Å². The van der Waals surface area contributed by atoms with E-state index in [2.05, 4.69) is 13.8 Å². The molecule has 0 rings (SSSR count). The van der Waals surface area contributed by atoms with Crippen LogP contribution in [0, 0.1) is 5.41 Å². The van der Waals surface area contributed by atoms with Gasteiger partial charge >= 0.3 is 222 Å². The van der Waals surface area contributed by atoms with E-state index >= 15 is 0 Å². The average Bonchev–Trinajstić information content (AvgIpc) is 3.09. The van der Waals surface area contributed by atoms with Crippen LogP contribution in [0.25, 0.3) is 0 Å². The van der Waals surface area contributed by atoms with Crippen LogP contribution >= 0.6 is 7.28 Å². The van der Waals surface area contributed by atoms with E-state index in [4.69, 9.17) is 4.52 Å². The molecular formula is C41H87O6P. The molecule has 0 aliphatic rings. The summed E-state index contributed by atoms with van der Waals surface area (Å²) in [5.74, 6) is 0. The van der Waals surface area contributed by atoms with E-state index in [0.29, 0.717) is 12.8 Å². The SMILES string of the molecule is CCCCCCCCCCCCCCCCCCP(O)(O)(CCCCCCCCCCCCCCCCCC)OCC(CO)(CO)CO. The first-order valence-electron chi connectivity index (χ1n) is 21.3. The third-order valence-electron chi connectivity index (χ3n) is 10.6. The van der Waals surface area contributed by atoms with E-state index < -0.39 is 32.5 Å². The van der Waals surface area contributed by atoms with Crippen LogP contribution in [0.3, 0.4) is 0 Å². The zero-order valence-corrected chi connectivity index (χ0v) is 33.4. The summed E-state index contributed by atoms with van der Waals surface area (Å²) in [5.41, 5.74) is -1.27. The van der Waals surface area contributed by atoms with Crippen molar-refractivity contribution >= 4 is 7.28 Å². The van der Waals surface area contributed by atoms with Gasteiger partial charge in [0.1, 0.15) is 0 Å². The van der Waals surface area contributed by atoms with Crippen LogP contribution in [0.4, 0.5) is 0 Å². The second kappa shape index (κ2) is 33.1. The summed E-state index contributed by atoms with van der Waals surface area (Å²) in [4.78, 5) is 23.2. The van der Waals surface area contributed by atoms with Gasteiger partial charge in [0.2, 0.25) is 0 Å². The van der Waals surface area contributed by atoms with Gasteiger partial charge in [0.25, 0.3) is 0 Å². The molecule has 0 atom stereocenters. The van der Waals surface area contributed by atoms with Crippen molar-refractivity contribution in [1.29, 1.82) is 0 Å². The standard InChI is InChI=1S/C41H87O6P/c1-3-5-7-9-11-13-15-17-19-21-23-25-27-29-31-33-35-48(45,46,47-40-41(37-42,38-43)39-44)36-34-32-30-28-26-24-22-20-18-16-14-12-10-8-6-4-2/h42-46H,3-40H2,1-2H3. The average molecular weight is 707 g/mol. The molecule has 0 saturated heterocycles. The Morgan fingerprint density at radius 2 is 0.562 bits per heavy atom. The minimum atomic E-state index is -4.45. The summed E-state index contributed by atoms with van der Waals surface area (Å²) in [7, 11) is -4.45. The van der Waals surface area contributed by atoms with Crippen LogP contribution in [0.5, 0.6) is 0 Å². The Bertz CT molecular complexity index is 609. The first-order chi connectivity index (χ1) is 23.3. The fourth-order valence-electron chi connectivity index (χ4n) is 6.77. The van der Waals surface area contributed by atoms with Gasteiger partial charge in [0, 0.05) is 0 Å². The minimum absolute atomic E-state index is 0.223. The van der Waals surface area contributed by atoms with Gasteiger partial charge in [0.15, 0.2) is 0 Å². The zero-order chi connectivity index (χ0) is 35.5. The van der Waals surface area contributed by atoms with E-state index in [0.717, 1.165) is 25.7 Å². The molecule has 7 heteroatoms. The van der Waals surface area contributed by atoms with E-state index in [1.807, 2.05) is 0 Å². The van der Waals surface area contributed by atoms with Gasteiger partial charge in [-0.1, -0.05) is 78.1 Å². The molecule has 0 bridgehead atoms. The molecule has 0 amide bonds. The summed E-state index contributed by atoms with van der Waals surface area (Å²) in [6.45, 7) is 2.89. The first-order valence-corrected chi connectivity index (χ1v) is 23.7. The van der Waals surface area contributed by atoms with E-state index in [1.165, 1.54) is 167 Å². The molecule has 0 spiro atoms. The Kier molecular flexibility index (Phi) is 33.2. The first kappa shape index (κ1) is 48.2. The van der Waals surface area contributed by atoms with Crippen LogP contribution < -0.4 is 0 Å². The molecule has 0 unspecified atom stereocenters. The second-order valence-electron chi connectivity index (χ2n) is 15.6. The van der Waals surface area contributed by atoms with Crippen molar-refractivity contribution in [2.24, 2.45) is 5.41 Å². The maximum atomic E-state index is 11.6. The summed E-state index contributed by atoms with van der Waals surface area (Å²) in [6.07, 6.45) is 40.9. The quantitative estimate of drug-likeness (QED) is 0.0320.